The first-order valence-corrected chi connectivity index (χ1v) is 9.51. The van der Waals surface area contributed by atoms with Crippen LogP contribution in [0, 0.1) is 12.7 Å². The molecule has 0 unspecified atom stereocenters. The second-order valence-corrected chi connectivity index (χ2v) is 6.95. The number of ether oxygens (including phenoxy) is 2. The van der Waals surface area contributed by atoms with Crippen molar-refractivity contribution in [3.05, 3.63) is 58.7 Å². The molecule has 1 heterocycles. The van der Waals surface area contributed by atoms with Gasteiger partial charge in [-0.05, 0) is 25.1 Å². The Labute approximate surface area is 183 Å². The number of aryl methyl sites for hydroxylation is 1. The van der Waals surface area contributed by atoms with Gasteiger partial charge in [0, 0.05) is 24.6 Å². The highest BCUT2D eigenvalue weighted by Gasteiger charge is 2.36. The van der Waals surface area contributed by atoms with E-state index >= 15 is 0 Å². The summed E-state index contributed by atoms with van der Waals surface area (Å²) >= 11 is 0. The summed E-state index contributed by atoms with van der Waals surface area (Å²) in [6, 6.07) is 4.71. The quantitative estimate of drug-likeness (QED) is 0.347. The lowest BCUT2D eigenvalue weighted by molar-refractivity contribution is -0.140. The number of anilines is 1. The molecule has 2 aromatic carbocycles. The third kappa shape index (κ3) is 5.62. The molecule has 0 fully saturated rings. The van der Waals surface area contributed by atoms with Crippen molar-refractivity contribution < 1.29 is 40.2 Å². The van der Waals surface area contributed by atoms with E-state index in [-0.39, 0.29) is 41.3 Å². The first kappa shape index (κ1) is 24.5. The average molecular weight is 477 g/mol. The van der Waals surface area contributed by atoms with Crippen LogP contribution in [0.1, 0.15) is 22.5 Å². The molecular weight excluding hydrogens is 459 g/mol. The largest absolute Gasteiger partial charge is 0.491 e. The van der Waals surface area contributed by atoms with E-state index in [1.807, 2.05) is 0 Å². The minimum absolute atomic E-state index is 0.0135. The summed E-state index contributed by atoms with van der Waals surface area (Å²) in [5, 5.41) is 2.82. The summed E-state index contributed by atoms with van der Waals surface area (Å²) in [6.45, 7) is 0.920. The number of alkyl halides is 6. The standard InChI is InChI=1S/C21H18F7N3O2/c1-11-30-16-9-15(21(26,27)28)17(33-7-6-32-2)8-13(16)19(31-11)29-10-12-4-3-5-14(18(12)22)20(23,24)25/h3-5,8-9H,6-7,10H2,1-2H3,(H,29,30,31). The number of rotatable bonds is 7. The number of hydrogen-bond donors (Lipinski definition) is 1. The van der Waals surface area contributed by atoms with Crippen LogP contribution in [0.25, 0.3) is 10.9 Å². The Kier molecular flexibility index (Phi) is 6.96. The Morgan fingerprint density at radius 1 is 0.939 bits per heavy atom. The molecule has 0 aliphatic heterocycles. The fourth-order valence-electron chi connectivity index (χ4n) is 3.10. The molecule has 0 aliphatic carbocycles. The van der Waals surface area contributed by atoms with E-state index < -0.39 is 41.6 Å². The normalized spacial score (nSPS) is 12.3. The van der Waals surface area contributed by atoms with Gasteiger partial charge in [-0.15, -0.1) is 0 Å². The van der Waals surface area contributed by atoms with Crippen molar-refractivity contribution in [2.75, 3.05) is 25.6 Å². The van der Waals surface area contributed by atoms with Crippen LogP contribution in [0.15, 0.2) is 30.3 Å². The lowest BCUT2D eigenvalue weighted by atomic mass is 10.1. The van der Waals surface area contributed by atoms with Gasteiger partial charge in [-0.25, -0.2) is 14.4 Å². The number of nitrogens with one attached hydrogen (secondary N) is 1. The van der Waals surface area contributed by atoms with Crippen LogP contribution in [0.4, 0.5) is 36.6 Å². The molecule has 3 rings (SSSR count). The summed E-state index contributed by atoms with van der Waals surface area (Å²) in [7, 11) is 1.36. The monoisotopic (exact) mass is 477 g/mol. The van der Waals surface area contributed by atoms with Gasteiger partial charge in [0.2, 0.25) is 0 Å². The Balaban J connectivity index is 2.02. The predicted octanol–water partition coefficient (Wildman–Crippen LogP) is 5.75. The maximum Gasteiger partial charge on any atom is 0.420 e. The van der Waals surface area contributed by atoms with Crippen LogP contribution in [-0.4, -0.2) is 30.3 Å². The maximum atomic E-state index is 14.3. The molecule has 12 heteroatoms. The molecule has 0 saturated carbocycles. The van der Waals surface area contributed by atoms with Gasteiger partial charge in [-0.2, -0.15) is 26.3 Å². The van der Waals surface area contributed by atoms with Crippen LogP contribution in [0.3, 0.4) is 0 Å². The minimum Gasteiger partial charge on any atom is -0.491 e. The van der Waals surface area contributed by atoms with Gasteiger partial charge in [0.25, 0.3) is 0 Å². The summed E-state index contributed by atoms with van der Waals surface area (Å²) < 4.78 is 104. The number of nitrogens with zero attached hydrogens (tertiary/aromatic N) is 2. The molecule has 0 atom stereocenters. The van der Waals surface area contributed by atoms with Crippen molar-refractivity contribution in [3.63, 3.8) is 0 Å². The minimum atomic E-state index is -4.87. The molecule has 5 nitrogen and oxygen atoms in total. The van der Waals surface area contributed by atoms with Gasteiger partial charge in [0.15, 0.2) is 0 Å². The Morgan fingerprint density at radius 2 is 1.64 bits per heavy atom. The smallest absolute Gasteiger partial charge is 0.420 e. The lowest BCUT2D eigenvalue weighted by Crippen LogP contribution is -2.13. The number of methoxy groups -OCH3 is 1. The van der Waals surface area contributed by atoms with E-state index in [2.05, 4.69) is 15.3 Å². The first-order chi connectivity index (χ1) is 15.4. The molecule has 1 N–H and O–H groups in total. The fraction of sp³-hybridized carbons (Fsp3) is 0.333. The van der Waals surface area contributed by atoms with E-state index in [1.165, 1.54) is 14.0 Å². The Bertz CT molecular complexity index is 1150. The fourth-order valence-corrected chi connectivity index (χ4v) is 3.10. The van der Waals surface area contributed by atoms with Crippen molar-refractivity contribution in [2.45, 2.75) is 25.8 Å². The first-order valence-electron chi connectivity index (χ1n) is 9.51. The van der Waals surface area contributed by atoms with Gasteiger partial charge in [-0.3, -0.25) is 0 Å². The van der Waals surface area contributed by atoms with E-state index in [0.717, 1.165) is 24.3 Å². The van der Waals surface area contributed by atoms with E-state index in [9.17, 15) is 30.7 Å². The summed E-state index contributed by atoms with van der Waals surface area (Å²) in [5.74, 6) is -1.82. The van der Waals surface area contributed by atoms with E-state index in [0.29, 0.717) is 6.07 Å². The number of benzene rings is 2. The molecule has 33 heavy (non-hydrogen) atoms. The van der Waals surface area contributed by atoms with Crippen molar-refractivity contribution in [3.8, 4) is 5.75 Å². The van der Waals surface area contributed by atoms with Crippen molar-refractivity contribution in [1.29, 1.82) is 0 Å². The van der Waals surface area contributed by atoms with Crippen LogP contribution >= 0.6 is 0 Å². The van der Waals surface area contributed by atoms with Crippen LogP contribution in [0.2, 0.25) is 0 Å². The van der Waals surface area contributed by atoms with Gasteiger partial charge in [-0.1, -0.05) is 12.1 Å². The summed E-state index contributed by atoms with van der Waals surface area (Å²) in [4.78, 5) is 8.13. The zero-order valence-corrected chi connectivity index (χ0v) is 17.4. The molecule has 0 bridgehead atoms. The third-order valence-corrected chi connectivity index (χ3v) is 4.59. The number of aromatic nitrogens is 2. The second kappa shape index (κ2) is 9.38. The molecule has 1 aromatic heterocycles. The van der Waals surface area contributed by atoms with Crippen molar-refractivity contribution in [2.24, 2.45) is 0 Å². The Hall–Kier alpha value is -3.15. The molecule has 0 saturated heterocycles. The number of fused-ring (bicyclic) bond motifs is 1. The molecular formula is C21H18F7N3O2. The topological polar surface area (TPSA) is 56.3 Å². The molecule has 0 amide bonds. The average Bonchev–Trinajstić information content (AvgIpc) is 2.71. The van der Waals surface area contributed by atoms with Gasteiger partial charge < -0.3 is 14.8 Å². The maximum absolute atomic E-state index is 14.3. The lowest BCUT2D eigenvalue weighted by Gasteiger charge is -2.17. The van der Waals surface area contributed by atoms with Gasteiger partial charge in [0.05, 0.1) is 23.3 Å². The summed E-state index contributed by atoms with van der Waals surface area (Å²) in [5.41, 5.74) is -2.84. The zero-order chi connectivity index (χ0) is 24.4. The van der Waals surface area contributed by atoms with Crippen LogP contribution < -0.4 is 10.1 Å². The zero-order valence-electron chi connectivity index (χ0n) is 17.4. The van der Waals surface area contributed by atoms with Gasteiger partial charge >= 0.3 is 12.4 Å². The second-order valence-electron chi connectivity index (χ2n) is 6.95. The van der Waals surface area contributed by atoms with Crippen LogP contribution in [-0.2, 0) is 23.6 Å². The molecule has 178 valence electrons. The molecule has 0 radical (unpaired) electrons. The number of halogens is 7. The predicted molar refractivity (Wildman–Crippen MR) is 105 cm³/mol. The highest BCUT2D eigenvalue weighted by molar-refractivity contribution is 5.91. The molecule has 0 spiro atoms. The van der Waals surface area contributed by atoms with Gasteiger partial charge in [0.1, 0.15) is 29.8 Å². The highest BCUT2D eigenvalue weighted by atomic mass is 19.4. The highest BCUT2D eigenvalue weighted by Crippen LogP contribution is 2.40. The van der Waals surface area contributed by atoms with E-state index in [4.69, 9.17) is 9.47 Å². The summed E-state index contributed by atoms with van der Waals surface area (Å²) in [6.07, 6.45) is -9.61. The molecule has 0 aliphatic rings. The van der Waals surface area contributed by atoms with Crippen molar-refractivity contribution >= 4 is 16.7 Å². The van der Waals surface area contributed by atoms with Crippen molar-refractivity contribution in [1.82, 2.24) is 9.97 Å². The SMILES string of the molecule is COCCOc1cc2c(NCc3cccc(C(F)(F)F)c3F)nc(C)nc2cc1C(F)(F)F. The van der Waals surface area contributed by atoms with E-state index in [1.54, 1.807) is 0 Å². The third-order valence-electron chi connectivity index (χ3n) is 4.59. The molecule has 3 aromatic rings. The van der Waals surface area contributed by atoms with Crippen LogP contribution in [0.5, 0.6) is 5.75 Å². The number of hydrogen-bond acceptors (Lipinski definition) is 5. The Morgan fingerprint density at radius 3 is 2.27 bits per heavy atom.